The van der Waals surface area contributed by atoms with Crippen molar-refractivity contribution < 1.29 is 39.4 Å². The second-order valence-corrected chi connectivity index (χ2v) is 20.8. The largest absolute Gasteiger partial charge is 0.508 e. The highest BCUT2D eigenvalue weighted by molar-refractivity contribution is 5.85. The third-order valence-corrected chi connectivity index (χ3v) is 14.9. The SMILES string of the molecule is CNCOC12Cc3c4c(c5c(c3OC1c1cc(CCc3ccccc3)c(O)c(c1)OCCC#CC2NCNCC(C)(O)CC(C)C)CCC(CO)O5)-c1ccc(O)cc1C(Cc1ccc2c(c1)=CCN=2)C4. The van der Waals surface area contributed by atoms with Gasteiger partial charge in [0, 0.05) is 42.7 Å². The number of nitrogens with zero attached hydrogens (tertiary/aromatic N) is 1. The van der Waals surface area contributed by atoms with Crippen LogP contribution in [0.25, 0.3) is 17.2 Å². The maximum Gasteiger partial charge on any atom is 0.161 e. The molecule has 372 valence electrons. The Hall–Kier alpha value is -5.91. The number of fused-ring (bicyclic) bond motifs is 13. The third kappa shape index (κ3) is 10.0. The Morgan fingerprint density at radius 1 is 0.958 bits per heavy atom. The van der Waals surface area contributed by atoms with Crippen LogP contribution >= 0.6 is 0 Å². The second-order valence-electron chi connectivity index (χ2n) is 20.8. The van der Waals surface area contributed by atoms with Crippen LogP contribution in [0.5, 0.6) is 28.7 Å². The van der Waals surface area contributed by atoms with E-state index in [0.717, 1.165) is 72.8 Å². The number of ether oxygens (including phenoxy) is 4. The van der Waals surface area contributed by atoms with Gasteiger partial charge in [0.15, 0.2) is 17.6 Å². The van der Waals surface area contributed by atoms with Gasteiger partial charge in [-0.15, -0.1) is 0 Å². The quantitative estimate of drug-likeness (QED) is 0.0341. The maximum atomic E-state index is 11.9. The van der Waals surface area contributed by atoms with Crippen LogP contribution in [-0.4, -0.2) is 90.5 Å². The number of hydrogen-bond donors (Lipinski definition) is 7. The van der Waals surface area contributed by atoms with E-state index in [1.54, 1.807) is 6.07 Å². The molecule has 6 atom stereocenters. The molecule has 12 heteroatoms. The Morgan fingerprint density at radius 3 is 2.63 bits per heavy atom. The fourth-order valence-corrected chi connectivity index (χ4v) is 11.8. The molecule has 10 rings (SSSR count). The van der Waals surface area contributed by atoms with Gasteiger partial charge >= 0.3 is 0 Å². The number of phenols is 2. The lowest BCUT2D eigenvalue weighted by Crippen LogP contribution is -2.62. The van der Waals surface area contributed by atoms with E-state index in [2.05, 4.69) is 83.0 Å². The minimum absolute atomic E-state index is 0.0275. The van der Waals surface area contributed by atoms with Gasteiger partial charge in [-0.3, -0.25) is 15.6 Å². The van der Waals surface area contributed by atoms with Crippen molar-refractivity contribution in [2.45, 2.75) is 114 Å². The van der Waals surface area contributed by atoms with Crippen molar-refractivity contribution in [2.24, 2.45) is 10.9 Å². The van der Waals surface area contributed by atoms with Crippen molar-refractivity contribution in [3.8, 4) is 51.7 Å². The van der Waals surface area contributed by atoms with Crippen molar-refractivity contribution in [1.82, 2.24) is 16.0 Å². The van der Waals surface area contributed by atoms with E-state index in [4.69, 9.17) is 18.9 Å². The number of benzene rings is 5. The zero-order valence-electron chi connectivity index (χ0n) is 41.4. The molecule has 0 amide bonds. The summed E-state index contributed by atoms with van der Waals surface area (Å²) in [6, 6.07) is 25.8. The Kier molecular flexibility index (Phi) is 14.2. The van der Waals surface area contributed by atoms with Gasteiger partial charge in [-0.2, -0.15) is 0 Å². The molecule has 2 bridgehead atoms. The number of phenolic OH excluding ortho intramolecular Hbond substituents is 2. The lowest BCUT2D eigenvalue weighted by atomic mass is 9.69. The predicted octanol–water partition coefficient (Wildman–Crippen LogP) is 6.23. The van der Waals surface area contributed by atoms with Gasteiger partial charge in [0.2, 0.25) is 0 Å². The molecular weight excluding hydrogens is 893 g/mol. The van der Waals surface area contributed by atoms with E-state index in [9.17, 15) is 20.4 Å². The van der Waals surface area contributed by atoms with Gasteiger partial charge < -0.3 is 44.7 Å². The molecular formula is C59H68N4O8. The molecule has 5 aliphatic rings. The van der Waals surface area contributed by atoms with Crippen molar-refractivity contribution >= 4 is 6.08 Å². The molecule has 1 aliphatic carbocycles. The van der Waals surface area contributed by atoms with E-state index in [1.165, 1.54) is 5.56 Å². The standard InChI is InChI=1S/C59H68N4O8/c1-36(2)30-58(3,67)33-61-34-63-52-12-8-9-23-68-51-28-42(26-40(54(51)66)15-13-37-10-6-5-7-11-37)57-59(52,69-35-60-4)31-49-48-27-41(25-38-14-20-50-39(24-38)21-22-62-50)47-29-43(65)16-18-45(47)53(48)56-46(55(49)71-57)19-17-44(32-64)70-56/h5-7,10-11,14,16,18,20-21,24,26,28-29,36,41,44,52,57,60-61,63-67H,9,13,15,17,19,22-23,25,27,30-35H2,1-4H3. The van der Waals surface area contributed by atoms with E-state index < -0.39 is 29.5 Å². The minimum Gasteiger partial charge on any atom is -0.508 e. The number of aryl methyl sites for hydroxylation is 2. The number of nitrogens with one attached hydrogen (secondary N) is 3. The van der Waals surface area contributed by atoms with Crippen LogP contribution in [0, 0.1) is 17.8 Å². The number of aromatic hydroxyl groups is 2. The summed E-state index contributed by atoms with van der Waals surface area (Å²) in [4.78, 5) is 4.65. The van der Waals surface area contributed by atoms with Crippen LogP contribution in [0.4, 0.5) is 0 Å². The van der Waals surface area contributed by atoms with Crippen LogP contribution < -0.4 is 40.7 Å². The van der Waals surface area contributed by atoms with Crippen LogP contribution in [0.1, 0.15) is 96.6 Å². The highest BCUT2D eigenvalue weighted by Crippen LogP contribution is 2.58. The predicted molar refractivity (Wildman–Crippen MR) is 275 cm³/mol. The fourth-order valence-electron chi connectivity index (χ4n) is 11.8. The normalized spacial score (nSPS) is 22.4. The average molecular weight is 961 g/mol. The first-order chi connectivity index (χ1) is 34.4. The Morgan fingerprint density at radius 2 is 1.82 bits per heavy atom. The van der Waals surface area contributed by atoms with E-state index in [-0.39, 0.29) is 37.4 Å². The monoisotopic (exact) mass is 961 g/mol. The topological polar surface area (TPSA) is 166 Å². The summed E-state index contributed by atoms with van der Waals surface area (Å²) in [5.41, 5.74) is 7.74. The molecule has 0 spiro atoms. The molecule has 0 radical (unpaired) electrons. The number of hydrogen-bond acceptors (Lipinski definition) is 12. The van der Waals surface area contributed by atoms with Crippen molar-refractivity contribution in [3.05, 3.63) is 134 Å². The maximum absolute atomic E-state index is 11.9. The molecule has 71 heavy (non-hydrogen) atoms. The second kappa shape index (κ2) is 20.7. The van der Waals surface area contributed by atoms with Crippen LogP contribution in [0.15, 0.2) is 83.9 Å². The van der Waals surface area contributed by atoms with Gasteiger partial charge in [-0.25, -0.2) is 0 Å². The third-order valence-electron chi connectivity index (χ3n) is 14.9. The first-order valence-electron chi connectivity index (χ1n) is 25.5. The van der Waals surface area contributed by atoms with Crippen LogP contribution in [0.3, 0.4) is 0 Å². The molecule has 0 aromatic heterocycles. The summed E-state index contributed by atoms with van der Waals surface area (Å²) in [6.45, 7) is 7.77. The first kappa shape index (κ1) is 48.7. The Balaban J connectivity index is 1.16. The zero-order chi connectivity index (χ0) is 49.3. The van der Waals surface area contributed by atoms with Gasteiger partial charge in [0.25, 0.3) is 0 Å². The summed E-state index contributed by atoms with van der Waals surface area (Å²) in [6.07, 6.45) is 6.20. The lowest BCUT2D eigenvalue weighted by Gasteiger charge is -2.49. The molecule has 7 N–H and O–H groups in total. The van der Waals surface area contributed by atoms with Gasteiger partial charge in [0.05, 0.1) is 37.4 Å². The van der Waals surface area contributed by atoms with Crippen molar-refractivity contribution in [3.63, 3.8) is 0 Å². The smallest absolute Gasteiger partial charge is 0.161 e. The summed E-state index contributed by atoms with van der Waals surface area (Å²) < 4.78 is 28.4. The Bertz CT molecular complexity index is 2960. The van der Waals surface area contributed by atoms with Crippen LogP contribution in [-0.2, 0) is 43.3 Å². The van der Waals surface area contributed by atoms with E-state index in [0.29, 0.717) is 88.5 Å². The van der Waals surface area contributed by atoms with Crippen molar-refractivity contribution in [2.75, 3.05) is 46.8 Å². The number of aliphatic hydroxyl groups is 2. The van der Waals surface area contributed by atoms with Gasteiger partial charge in [-0.05, 0) is 151 Å². The molecule has 5 aromatic rings. The molecule has 12 nitrogen and oxygen atoms in total. The summed E-state index contributed by atoms with van der Waals surface area (Å²) in [5, 5.41) is 57.7. The van der Waals surface area contributed by atoms with E-state index >= 15 is 0 Å². The molecule has 0 saturated heterocycles. The summed E-state index contributed by atoms with van der Waals surface area (Å²) in [5.74, 6) is 9.45. The molecule has 4 aliphatic heterocycles. The van der Waals surface area contributed by atoms with Crippen LogP contribution in [0.2, 0.25) is 0 Å². The molecule has 0 saturated carbocycles. The average Bonchev–Trinajstić information content (AvgIpc) is 3.83. The Labute approximate surface area is 417 Å². The highest BCUT2D eigenvalue weighted by Gasteiger charge is 2.55. The molecule has 6 unspecified atom stereocenters. The van der Waals surface area contributed by atoms with Gasteiger partial charge in [-0.1, -0.05) is 74.2 Å². The molecule has 0 fully saturated rings. The fraction of sp³-hybridized carbons (Fsp3) is 0.441. The van der Waals surface area contributed by atoms with E-state index in [1.807, 2.05) is 56.4 Å². The summed E-state index contributed by atoms with van der Waals surface area (Å²) >= 11 is 0. The first-order valence-corrected chi connectivity index (χ1v) is 25.5. The number of aliphatic hydroxyl groups excluding tert-OH is 1. The number of rotatable bonds is 16. The lowest BCUT2D eigenvalue weighted by molar-refractivity contribution is -0.141. The molecule has 4 heterocycles. The summed E-state index contributed by atoms with van der Waals surface area (Å²) in [7, 11) is 1.87. The zero-order valence-corrected chi connectivity index (χ0v) is 41.4. The van der Waals surface area contributed by atoms with Gasteiger partial charge in [0.1, 0.15) is 35.0 Å². The van der Waals surface area contributed by atoms with Crippen molar-refractivity contribution in [1.29, 1.82) is 0 Å². The highest BCUT2D eigenvalue weighted by atomic mass is 16.6. The molecule has 5 aromatic carbocycles. The minimum atomic E-state index is -1.20.